The molecule has 0 spiro atoms. The first-order valence-corrected chi connectivity index (χ1v) is 4.94. The van der Waals surface area contributed by atoms with Gasteiger partial charge in [-0.15, -0.1) is 0 Å². The molecule has 0 amide bonds. The highest BCUT2D eigenvalue weighted by Gasteiger charge is 2.03. The van der Waals surface area contributed by atoms with Crippen molar-refractivity contribution >= 4 is 23.2 Å². The van der Waals surface area contributed by atoms with E-state index in [1.807, 2.05) is 6.92 Å². The molecule has 0 aliphatic carbocycles. The first-order valence-electron chi connectivity index (χ1n) is 4.53. The molecule has 0 saturated carbocycles. The van der Waals surface area contributed by atoms with Crippen LogP contribution >= 0.6 is 12.2 Å². The van der Waals surface area contributed by atoms with Gasteiger partial charge in [-0.2, -0.15) is 0 Å². The van der Waals surface area contributed by atoms with Crippen LogP contribution in [0.1, 0.15) is 12.6 Å². The summed E-state index contributed by atoms with van der Waals surface area (Å²) in [6.07, 6.45) is 1.71. The summed E-state index contributed by atoms with van der Waals surface area (Å²) in [6, 6.07) is 1.67. The monoisotopic (exact) mass is 226 g/mol. The van der Waals surface area contributed by atoms with Gasteiger partial charge in [-0.3, -0.25) is 0 Å². The lowest BCUT2D eigenvalue weighted by Gasteiger charge is -2.10. The van der Waals surface area contributed by atoms with Gasteiger partial charge in [-0.25, -0.2) is 9.97 Å². The van der Waals surface area contributed by atoms with E-state index in [0.29, 0.717) is 18.2 Å². The van der Waals surface area contributed by atoms with Crippen LogP contribution in [0.3, 0.4) is 0 Å². The summed E-state index contributed by atoms with van der Waals surface area (Å²) < 4.78 is 5.08. The van der Waals surface area contributed by atoms with Gasteiger partial charge in [0.15, 0.2) is 0 Å². The Kier molecular flexibility index (Phi) is 4.38. The van der Waals surface area contributed by atoms with Gasteiger partial charge in [0.25, 0.3) is 0 Å². The third kappa shape index (κ3) is 3.77. The second-order valence-corrected chi connectivity index (χ2v) is 3.50. The van der Waals surface area contributed by atoms with Crippen molar-refractivity contribution < 1.29 is 4.74 Å². The molecule has 0 radical (unpaired) electrons. The molecular formula is C9H14N4OS. The molecule has 0 fully saturated rings. The van der Waals surface area contributed by atoms with Gasteiger partial charge in [0, 0.05) is 19.9 Å². The zero-order valence-electron chi connectivity index (χ0n) is 8.73. The van der Waals surface area contributed by atoms with Crippen molar-refractivity contribution in [3.05, 3.63) is 18.0 Å². The number of ether oxygens (including phenoxy) is 1. The maximum Gasteiger partial charge on any atom is 0.223 e. The second kappa shape index (κ2) is 5.57. The van der Waals surface area contributed by atoms with Crippen LogP contribution in [0.4, 0.5) is 5.95 Å². The van der Waals surface area contributed by atoms with E-state index in [1.165, 1.54) is 0 Å². The van der Waals surface area contributed by atoms with Crippen LogP contribution in [0.2, 0.25) is 0 Å². The van der Waals surface area contributed by atoms with Gasteiger partial charge in [0.2, 0.25) is 5.95 Å². The Hall–Kier alpha value is -1.27. The minimum absolute atomic E-state index is 0.0992. The highest BCUT2D eigenvalue weighted by molar-refractivity contribution is 7.80. The second-order valence-electron chi connectivity index (χ2n) is 3.06. The number of hydrogen-bond acceptors (Lipinski definition) is 5. The molecule has 1 unspecified atom stereocenters. The molecule has 0 aromatic carbocycles. The summed E-state index contributed by atoms with van der Waals surface area (Å²) >= 11 is 4.82. The van der Waals surface area contributed by atoms with Gasteiger partial charge in [0.05, 0.1) is 6.10 Å². The number of nitrogens with one attached hydrogen (secondary N) is 1. The molecule has 1 atom stereocenters. The van der Waals surface area contributed by atoms with Gasteiger partial charge in [-0.1, -0.05) is 12.2 Å². The Morgan fingerprint density at radius 1 is 1.73 bits per heavy atom. The van der Waals surface area contributed by atoms with Gasteiger partial charge < -0.3 is 15.8 Å². The van der Waals surface area contributed by atoms with E-state index in [4.69, 9.17) is 22.7 Å². The fourth-order valence-corrected chi connectivity index (χ4v) is 1.01. The number of thiocarbonyl (C=S) groups is 1. The Morgan fingerprint density at radius 3 is 3.07 bits per heavy atom. The summed E-state index contributed by atoms with van der Waals surface area (Å²) in [6.45, 7) is 2.59. The summed E-state index contributed by atoms with van der Waals surface area (Å²) in [5.74, 6) is 0.504. The highest BCUT2D eigenvalue weighted by atomic mass is 32.1. The number of aromatic nitrogens is 2. The molecule has 5 nitrogen and oxygen atoms in total. The van der Waals surface area contributed by atoms with Crippen molar-refractivity contribution in [3.63, 3.8) is 0 Å². The minimum Gasteiger partial charge on any atom is -0.388 e. The topological polar surface area (TPSA) is 73.1 Å². The molecule has 1 aromatic heterocycles. The predicted molar refractivity (Wildman–Crippen MR) is 62.9 cm³/mol. The van der Waals surface area contributed by atoms with Crippen molar-refractivity contribution in [2.24, 2.45) is 5.73 Å². The van der Waals surface area contributed by atoms with E-state index < -0.39 is 0 Å². The van der Waals surface area contributed by atoms with E-state index in [1.54, 1.807) is 19.4 Å². The number of methoxy groups -OCH3 is 1. The molecule has 1 aromatic rings. The van der Waals surface area contributed by atoms with Crippen LogP contribution in [-0.2, 0) is 4.74 Å². The van der Waals surface area contributed by atoms with E-state index in [0.717, 1.165) is 0 Å². The Balaban J connectivity index is 2.62. The molecular weight excluding hydrogens is 212 g/mol. The number of hydrogen-bond donors (Lipinski definition) is 2. The smallest absolute Gasteiger partial charge is 0.223 e. The Labute approximate surface area is 94.1 Å². The van der Waals surface area contributed by atoms with E-state index in [-0.39, 0.29) is 11.1 Å². The standard InChI is InChI=1S/C9H14N4OS/c1-6(14-2)5-12-9-11-4-3-7(13-9)8(10)15/h3-4,6H,5H2,1-2H3,(H2,10,15)(H,11,12,13). The predicted octanol–water partition coefficient (Wildman–Crippen LogP) is 0.558. The zero-order valence-corrected chi connectivity index (χ0v) is 9.54. The maximum absolute atomic E-state index is 5.45. The molecule has 1 heterocycles. The highest BCUT2D eigenvalue weighted by Crippen LogP contribution is 2.01. The van der Waals surface area contributed by atoms with Crippen molar-refractivity contribution in [1.29, 1.82) is 0 Å². The summed E-state index contributed by atoms with van der Waals surface area (Å²) in [4.78, 5) is 8.43. The normalized spacial score (nSPS) is 12.1. The zero-order chi connectivity index (χ0) is 11.3. The number of anilines is 1. The van der Waals surface area contributed by atoms with Crippen LogP contribution in [0.15, 0.2) is 12.3 Å². The van der Waals surface area contributed by atoms with Crippen LogP contribution in [0, 0.1) is 0 Å². The summed E-state index contributed by atoms with van der Waals surface area (Å²) in [5.41, 5.74) is 6.02. The van der Waals surface area contributed by atoms with Crippen LogP contribution in [0.25, 0.3) is 0 Å². The molecule has 6 heteroatoms. The summed E-state index contributed by atoms with van der Waals surface area (Å²) in [5, 5.41) is 3.03. The van der Waals surface area contributed by atoms with E-state index in [9.17, 15) is 0 Å². The Bertz CT molecular complexity index is 345. The lowest BCUT2D eigenvalue weighted by Crippen LogP contribution is -2.20. The van der Waals surface area contributed by atoms with E-state index >= 15 is 0 Å². The first kappa shape index (κ1) is 11.8. The Morgan fingerprint density at radius 2 is 2.47 bits per heavy atom. The van der Waals surface area contributed by atoms with Crippen molar-refractivity contribution in [2.75, 3.05) is 19.0 Å². The fraction of sp³-hybridized carbons (Fsp3) is 0.444. The van der Waals surface area contributed by atoms with Crippen molar-refractivity contribution in [1.82, 2.24) is 9.97 Å². The van der Waals surface area contributed by atoms with Crippen LogP contribution < -0.4 is 11.1 Å². The van der Waals surface area contributed by atoms with E-state index in [2.05, 4.69) is 15.3 Å². The number of nitrogens with zero attached hydrogens (tertiary/aromatic N) is 2. The molecule has 15 heavy (non-hydrogen) atoms. The third-order valence-corrected chi connectivity index (χ3v) is 2.07. The molecule has 0 bridgehead atoms. The van der Waals surface area contributed by atoms with Gasteiger partial charge in [-0.05, 0) is 13.0 Å². The van der Waals surface area contributed by atoms with Crippen LogP contribution in [-0.4, -0.2) is 34.7 Å². The van der Waals surface area contributed by atoms with Gasteiger partial charge in [0.1, 0.15) is 10.7 Å². The van der Waals surface area contributed by atoms with Crippen molar-refractivity contribution in [2.45, 2.75) is 13.0 Å². The lowest BCUT2D eigenvalue weighted by atomic mass is 10.4. The third-order valence-electron chi connectivity index (χ3n) is 1.86. The average molecular weight is 226 g/mol. The fourth-order valence-electron chi connectivity index (χ4n) is 0.899. The number of rotatable bonds is 5. The minimum atomic E-state index is 0.0992. The average Bonchev–Trinajstić information content (AvgIpc) is 2.26. The molecule has 82 valence electrons. The molecule has 0 saturated heterocycles. The first-order chi connectivity index (χ1) is 7.13. The van der Waals surface area contributed by atoms with Gasteiger partial charge >= 0.3 is 0 Å². The number of nitrogens with two attached hydrogens (primary N) is 1. The largest absolute Gasteiger partial charge is 0.388 e. The summed E-state index contributed by atoms with van der Waals surface area (Å²) in [7, 11) is 1.65. The molecule has 3 N–H and O–H groups in total. The van der Waals surface area contributed by atoms with Crippen LogP contribution in [0.5, 0.6) is 0 Å². The molecule has 1 rings (SSSR count). The SMILES string of the molecule is COC(C)CNc1nccc(C(N)=S)n1. The molecule has 0 aliphatic rings. The lowest BCUT2D eigenvalue weighted by molar-refractivity contribution is 0.128. The molecule has 0 aliphatic heterocycles. The maximum atomic E-state index is 5.45. The quantitative estimate of drug-likeness (QED) is 0.715. The van der Waals surface area contributed by atoms with Crippen molar-refractivity contribution in [3.8, 4) is 0 Å².